The van der Waals surface area contributed by atoms with Crippen molar-refractivity contribution < 1.29 is 9.21 Å². The fourth-order valence-corrected chi connectivity index (χ4v) is 4.88. The minimum Gasteiger partial charge on any atom is -0.410 e. The third kappa shape index (κ3) is 4.73. The van der Waals surface area contributed by atoms with E-state index in [4.69, 9.17) is 16.0 Å². The van der Waals surface area contributed by atoms with Crippen LogP contribution in [0.4, 0.5) is 5.69 Å². The van der Waals surface area contributed by atoms with Gasteiger partial charge in [0.1, 0.15) is 4.88 Å². The molecule has 1 fully saturated rings. The van der Waals surface area contributed by atoms with Gasteiger partial charge in [0.25, 0.3) is 11.1 Å². The van der Waals surface area contributed by atoms with Gasteiger partial charge in [0.05, 0.1) is 16.5 Å². The first kappa shape index (κ1) is 20.2. The van der Waals surface area contributed by atoms with Crippen LogP contribution in [0, 0.1) is 13.8 Å². The number of thioether (sulfide) groups is 1. The Balaban J connectivity index is 1.29. The number of thiazole rings is 1. The molecule has 3 aromatic rings. The normalized spacial score (nSPS) is 14.4. The van der Waals surface area contributed by atoms with Gasteiger partial charge in [-0.3, -0.25) is 4.79 Å². The lowest BCUT2D eigenvalue weighted by atomic mass is 10.2. The highest BCUT2D eigenvalue weighted by Gasteiger charge is 2.22. The van der Waals surface area contributed by atoms with Crippen LogP contribution >= 0.6 is 34.7 Å². The molecule has 1 aromatic carbocycles. The average Bonchev–Trinajstić information content (AvgIpc) is 3.32. The number of rotatable bonds is 5. The first-order valence-corrected chi connectivity index (χ1v) is 11.4. The summed E-state index contributed by atoms with van der Waals surface area (Å²) in [4.78, 5) is 21.9. The molecule has 152 valence electrons. The van der Waals surface area contributed by atoms with Gasteiger partial charge in [0.15, 0.2) is 0 Å². The fraction of sp³-hybridized carbons (Fsp3) is 0.368. The van der Waals surface area contributed by atoms with E-state index in [1.165, 1.54) is 23.1 Å². The van der Waals surface area contributed by atoms with Gasteiger partial charge in [-0.05, 0) is 32.0 Å². The van der Waals surface area contributed by atoms with Crippen LogP contribution in [0.5, 0.6) is 0 Å². The quantitative estimate of drug-likeness (QED) is 0.546. The van der Waals surface area contributed by atoms with Gasteiger partial charge in [0.2, 0.25) is 5.91 Å². The highest BCUT2D eigenvalue weighted by Crippen LogP contribution is 2.30. The number of hydrogen-bond donors (Lipinski definition) is 0. The SMILES string of the molecule is Cc1nc(C)c(-c2nnc(SCC(=O)N3CCN(c4cccc(Cl)c4)CC3)o2)s1. The predicted molar refractivity (Wildman–Crippen MR) is 116 cm³/mol. The van der Waals surface area contributed by atoms with Crippen LogP contribution in [-0.4, -0.2) is 57.9 Å². The van der Waals surface area contributed by atoms with Gasteiger partial charge >= 0.3 is 0 Å². The Labute approximate surface area is 182 Å². The van der Waals surface area contributed by atoms with Crippen molar-refractivity contribution in [2.24, 2.45) is 0 Å². The van der Waals surface area contributed by atoms with Gasteiger partial charge in [-0.15, -0.1) is 21.5 Å². The smallest absolute Gasteiger partial charge is 0.277 e. The summed E-state index contributed by atoms with van der Waals surface area (Å²) in [7, 11) is 0. The summed E-state index contributed by atoms with van der Waals surface area (Å²) in [6.45, 7) is 6.79. The highest BCUT2D eigenvalue weighted by atomic mass is 35.5. The van der Waals surface area contributed by atoms with E-state index in [-0.39, 0.29) is 11.7 Å². The van der Waals surface area contributed by atoms with Crippen molar-refractivity contribution in [1.82, 2.24) is 20.1 Å². The maximum absolute atomic E-state index is 12.6. The van der Waals surface area contributed by atoms with Gasteiger partial charge < -0.3 is 14.2 Å². The largest absolute Gasteiger partial charge is 0.410 e. The maximum Gasteiger partial charge on any atom is 0.277 e. The summed E-state index contributed by atoms with van der Waals surface area (Å²) >= 11 is 8.87. The number of nitrogens with zero attached hydrogens (tertiary/aromatic N) is 5. The number of carbonyl (C=O) groups is 1. The summed E-state index contributed by atoms with van der Waals surface area (Å²) < 4.78 is 5.71. The van der Waals surface area contributed by atoms with Crippen LogP contribution in [0.3, 0.4) is 0 Å². The molecule has 0 unspecified atom stereocenters. The topological polar surface area (TPSA) is 75.4 Å². The second-order valence-electron chi connectivity index (χ2n) is 6.66. The molecule has 2 aromatic heterocycles. The molecule has 1 aliphatic heterocycles. The van der Waals surface area contributed by atoms with Crippen LogP contribution in [-0.2, 0) is 4.79 Å². The van der Waals surface area contributed by atoms with Crippen molar-refractivity contribution in [2.45, 2.75) is 19.1 Å². The molecule has 0 N–H and O–H groups in total. The lowest BCUT2D eigenvalue weighted by Gasteiger charge is -2.36. The lowest BCUT2D eigenvalue weighted by Crippen LogP contribution is -2.49. The minimum absolute atomic E-state index is 0.0744. The van der Waals surface area contributed by atoms with Crippen molar-refractivity contribution in [1.29, 1.82) is 0 Å². The minimum atomic E-state index is 0.0744. The summed E-state index contributed by atoms with van der Waals surface area (Å²) in [5.41, 5.74) is 1.97. The van der Waals surface area contributed by atoms with Crippen LogP contribution < -0.4 is 4.90 Å². The third-order valence-corrected chi connectivity index (χ3v) is 6.73. The monoisotopic (exact) mass is 449 g/mol. The zero-order chi connectivity index (χ0) is 20.4. The fourth-order valence-electron chi connectivity index (χ4n) is 3.19. The first-order chi connectivity index (χ1) is 14.0. The first-order valence-electron chi connectivity index (χ1n) is 9.18. The Bertz CT molecular complexity index is 1010. The summed E-state index contributed by atoms with van der Waals surface area (Å²) in [6, 6.07) is 7.80. The van der Waals surface area contributed by atoms with E-state index >= 15 is 0 Å². The summed E-state index contributed by atoms with van der Waals surface area (Å²) in [6.07, 6.45) is 0. The number of aryl methyl sites for hydroxylation is 2. The molecule has 0 radical (unpaired) electrons. The molecule has 1 saturated heterocycles. The number of halogens is 1. The van der Waals surface area contributed by atoms with Crippen molar-refractivity contribution in [3.8, 4) is 10.8 Å². The molecular weight excluding hydrogens is 430 g/mol. The van der Waals surface area contributed by atoms with Gasteiger partial charge in [-0.25, -0.2) is 4.98 Å². The standard InChI is InChI=1S/C19H20ClN5O2S2/c1-12-17(29-13(2)21-12)18-22-23-19(27-18)28-11-16(26)25-8-6-24(7-9-25)15-5-3-4-14(20)10-15/h3-5,10H,6-9,11H2,1-2H3. The van der Waals surface area contributed by atoms with Gasteiger partial charge in [0, 0.05) is 36.9 Å². The molecule has 10 heteroatoms. The Kier molecular flexibility index (Phi) is 6.07. The molecule has 7 nitrogen and oxygen atoms in total. The van der Waals surface area contributed by atoms with Crippen LogP contribution in [0.1, 0.15) is 10.7 Å². The maximum atomic E-state index is 12.6. The van der Waals surface area contributed by atoms with E-state index in [0.29, 0.717) is 24.2 Å². The van der Waals surface area contributed by atoms with E-state index in [9.17, 15) is 4.79 Å². The van der Waals surface area contributed by atoms with Crippen LogP contribution in [0.25, 0.3) is 10.8 Å². The average molecular weight is 450 g/mol. The molecule has 3 heterocycles. The number of amides is 1. The molecule has 0 bridgehead atoms. The van der Waals surface area contributed by atoms with Gasteiger partial charge in [-0.1, -0.05) is 29.4 Å². The third-order valence-electron chi connectivity index (χ3n) is 4.63. The number of benzene rings is 1. The summed E-state index contributed by atoms with van der Waals surface area (Å²) in [5, 5.41) is 10.2. The van der Waals surface area contributed by atoms with Crippen molar-refractivity contribution >= 4 is 46.3 Å². The van der Waals surface area contributed by atoms with Crippen LogP contribution in [0.15, 0.2) is 33.9 Å². The number of piperazine rings is 1. The van der Waals surface area contributed by atoms with Crippen molar-refractivity contribution in [3.05, 3.63) is 40.0 Å². The zero-order valence-corrected chi connectivity index (χ0v) is 18.5. The Morgan fingerprint density at radius 2 is 2.03 bits per heavy atom. The van der Waals surface area contributed by atoms with Crippen molar-refractivity contribution in [2.75, 3.05) is 36.8 Å². The number of anilines is 1. The van der Waals surface area contributed by atoms with E-state index in [1.807, 2.05) is 43.0 Å². The second kappa shape index (κ2) is 8.73. The molecular formula is C19H20ClN5O2S2. The number of aromatic nitrogens is 3. The van der Waals surface area contributed by atoms with E-state index in [1.54, 1.807) is 0 Å². The Morgan fingerprint density at radius 3 is 2.72 bits per heavy atom. The van der Waals surface area contributed by atoms with E-state index < -0.39 is 0 Å². The van der Waals surface area contributed by atoms with Crippen LogP contribution in [0.2, 0.25) is 5.02 Å². The summed E-state index contributed by atoms with van der Waals surface area (Å²) in [5.74, 6) is 0.808. The van der Waals surface area contributed by atoms with Gasteiger partial charge in [-0.2, -0.15) is 0 Å². The van der Waals surface area contributed by atoms with Crippen molar-refractivity contribution in [3.63, 3.8) is 0 Å². The zero-order valence-electron chi connectivity index (χ0n) is 16.1. The number of carbonyl (C=O) groups excluding carboxylic acids is 1. The molecule has 0 atom stereocenters. The number of hydrogen-bond acceptors (Lipinski definition) is 8. The molecule has 4 rings (SSSR count). The molecule has 0 spiro atoms. The predicted octanol–water partition coefficient (Wildman–Crippen LogP) is 3.90. The molecule has 1 amide bonds. The lowest BCUT2D eigenvalue weighted by molar-refractivity contribution is -0.128. The second-order valence-corrected chi connectivity index (χ2v) is 9.22. The van der Waals surface area contributed by atoms with E-state index in [2.05, 4.69) is 20.1 Å². The highest BCUT2D eigenvalue weighted by molar-refractivity contribution is 7.99. The Morgan fingerprint density at radius 1 is 1.24 bits per heavy atom. The van der Waals surface area contributed by atoms with E-state index in [0.717, 1.165) is 39.4 Å². The molecule has 0 saturated carbocycles. The molecule has 1 aliphatic rings. The molecule has 0 aliphatic carbocycles. The molecule has 29 heavy (non-hydrogen) atoms. The Hall–Kier alpha value is -2.10.